The van der Waals surface area contributed by atoms with E-state index in [2.05, 4.69) is 6.07 Å². The van der Waals surface area contributed by atoms with Crippen LogP contribution < -0.4 is 10.0 Å². The zero-order valence-corrected chi connectivity index (χ0v) is 12.8. The summed E-state index contributed by atoms with van der Waals surface area (Å²) in [5, 5.41) is 0.620. The third-order valence-corrected chi connectivity index (χ3v) is 3.93. The van der Waals surface area contributed by atoms with Gasteiger partial charge in [0.1, 0.15) is 0 Å². The lowest BCUT2D eigenvalue weighted by Crippen LogP contribution is -2.29. The van der Waals surface area contributed by atoms with Crippen molar-refractivity contribution in [2.75, 3.05) is 4.31 Å². The number of benzene rings is 2. The van der Waals surface area contributed by atoms with Crippen molar-refractivity contribution < 1.29 is 4.79 Å². The number of urea groups is 1. The highest BCUT2D eigenvalue weighted by Crippen LogP contribution is 2.30. The molecular weight excluding hydrogens is 292 g/mol. The second-order valence-corrected chi connectivity index (χ2v) is 5.98. The third kappa shape index (κ3) is 3.68. The topological polar surface area (TPSA) is 46.3 Å². The SMILES string of the molecule is Cc1cc(C)cc(SN(C(N)=O)c2ccc(Cl)cc2)c1. The Balaban J connectivity index is 2.30. The molecule has 0 aliphatic rings. The number of carbonyl (C=O) groups is 1. The molecule has 0 radical (unpaired) electrons. The van der Waals surface area contributed by atoms with Crippen LogP contribution in [0.1, 0.15) is 11.1 Å². The van der Waals surface area contributed by atoms with Crippen LogP contribution in [0.2, 0.25) is 5.02 Å². The Morgan fingerprint density at radius 2 is 1.65 bits per heavy atom. The summed E-state index contributed by atoms with van der Waals surface area (Å²) in [5.74, 6) is 0. The van der Waals surface area contributed by atoms with Gasteiger partial charge in [0.2, 0.25) is 0 Å². The van der Waals surface area contributed by atoms with Crippen LogP contribution in [0.25, 0.3) is 0 Å². The lowest BCUT2D eigenvalue weighted by atomic mass is 10.2. The van der Waals surface area contributed by atoms with Gasteiger partial charge in [-0.25, -0.2) is 9.10 Å². The van der Waals surface area contributed by atoms with Gasteiger partial charge in [0.05, 0.1) is 5.69 Å². The average Bonchev–Trinajstić information content (AvgIpc) is 2.36. The molecule has 0 atom stereocenters. The van der Waals surface area contributed by atoms with Gasteiger partial charge in [0.25, 0.3) is 0 Å². The van der Waals surface area contributed by atoms with Crippen molar-refractivity contribution in [1.82, 2.24) is 0 Å². The van der Waals surface area contributed by atoms with Gasteiger partial charge < -0.3 is 5.73 Å². The zero-order valence-electron chi connectivity index (χ0n) is 11.3. The summed E-state index contributed by atoms with van der Waals surface area (Å²) in [6.45, 7) is 4.04. The molecule has 0 saturated carbocycles. The number of carbonyl (C=O) groups excluding carboxylic acids is 1. The Bertz CT molecular complexity index is 608. The maximum absolute atomic E-state index is 11.7. The molecule has 0 fully saturated rings. The second-order valence-electron chi connectivity index (χ2n) is 4.52. The molecule has 104 valence electrons. The number of nitrogens with two attached hydrogens (primary N) is 1. The predicted molar refractivity (Wildman–Crippen MR) is 85.3 cm³/mol. The summed E-state index contributed by atoms with van der Waals surface area (Å²) < 4.78 is 1.45. The Morgan fingerprint density at radius 1 is 1.10 bits per heavy atom. The first-order valence-electron chi connectivity index (χ1n) is 6.07. The van der Waals surface area contributed by atoms with Gasteiger partial charge in [0, 0.05) is 9.92 Å². The molecule has 2 aromatic carbocycles. The van der Waals surface area contributed by atoms with E-state index in [9.17, 15) is 4.79 Å². The number of rotatable bonds is 3. The van der Waals surface area contributed by atoms with Gasteiger partial charge in [0.15, 0.2) is 0 Å². The van der Waals surface area contributed by atoms with Crippen LogP contribution in [-0.2, 0) is 0 Å². The van der Waals surface area contributed by atoms with Crippen molar-refractivity contribution >= 4 is 35.3 Å². The van der Waals surface area contributed by atoms with Crippen LogP contribution >= 0.6 is 23.5 Å². The first-order valence-corrected chi connectivity index (χ1v) is 7.22. The van der Waals surface area contributed by atoms with Crippen molar-refractivity contribution in [1.29, 1.82) is 0 Å². The van der Waals surface area contributed by atoms with E-state index in [4.69, 9.17) is 17.3 Å². The third-order valence-electron chi connectivity index (χ3n) is 2.65. The van der Waals surface area contributed by atoms with Crippen LogP contribution in [0, 0.1) is 13.8 Å². The molecule has 0 unspecified atom stereocenters. The van der Waals surface area contributed by atoms with E-state index < -0.39 is 6.03 Å². The molecule has 2 rings (SSSR count). The summed E-state index contributed by atoms with van der Waals surface area (Å²) in [6, 6.07) is 12.6. The number of hydrogen-bond donors (Lipinski definition) is 1. The van der Waals surface area contributed by atoms with E-state index >= 15 is 0 Å². The number of halogens is 1. The normalized spacial score (nSPS) is 10.3. The summed E-state index contributed by atoms with van der Waals surface area (Å²) in [4.78, 5) is 12.6. The lowest BCUT2D eigenvalue weighted by Gasteiger charge is -2.19. The maximum atomic E-state index is 11.7. The van der Waals surface area contributed by atoms with Crippen molar-refractivity contribution in [3.63, 3.8) is 0 Å². The largest absolute Gasteiger partial charge is 0.350 e. The summed E-state index contributed by atoms with van der Waals surface area (Å²) in [7, 11) is 0. The Morgan fingerprint density at radius 3 is 2.15 bits per heavy atom. The van der Waals surface area contributed by atoms with Crippen LogP contribution in [0.4, 0.5) is 10.5 Å². The fraction of sp³-hybridized carbons (Fsp3) is 0.133. The van der Waals surface area contributed by atoms with E-state index in [1.807, 2.05) is 26.0 Å². The minimum atomic E-state index is -0.517. The lowest BCUT2D eigenvalue weighted by molar-refractivity contribution is 0.257. The summed E-state index contributed by atoms with van der Waals surface area (Å²) in [5.41, 5.74) is 8.46. The van der Waals surface area contributed by atoms with Gasteiger partial charge in [-0.1, -0.05) is 17.7 Å². The van der Waals surface area contributed by atoms with Gasteiger partial charge >= 0.3 is 6.03 Å². The fourth-order valence-corrected chi connectivity index (χ4v) is 3.02. The smallest absolute Gasteiger partial charge is 0.329 e. The highest BCUT2D eigenvalue weighted by Gasteiger charge is 2.14. The molecule has 20 heavy (non-hydrogen) atoms. The molecule has 2 aromatic rings. The Hall–Kier alpha value is -1.65. The Kier molecular flexibility index (Phi) is 4.57. The van der Waals surface area contributed by atoms with Crippen LogP contribution in [0.5, 0.6) is 0 Å². The van der Waals surface area contributed by atoms with E-state index in [1.165, 1.54) is 16.3 Å². The highest BCUT2D eigenvalue weighted by molar-refractivity contribution is 8.01. The predicted octanol–water partition coefficient (Wildman–Crippen LogP) is 4.55. The monoisotopic (exact) mass is 306 g/mol. The molecule has 0 aliphatic carbocycles. The molecular formula is C15H15ClN2OS. The minimum absolute atomic E-state index is 0.517. The number of amides is 2. The van der Waals surface area contributed by atoms with E-state index in [0.29, 0.717) is 10.7 Å². The first-order chi connectivity index (χ1) is 9.45. The summed E-state index contributed by atoms with van der Waals surface area (Å²) in [6.07, 6.45) is 0. The summed E-state index contributed by atoms with van der Waals surface area (Å²) >= 11 is 7.16. The minimum Gasteiger partial charge on any atom is -0.350 e. The highest BCUT2D eigenvalue weighted by atomic mass is 35.5. The van der Waals surface area contributed by atoms with Crippen LogP contribution in [0.15, 0.2) is 47.4 Å². The van der Waals surface area contributed by atoms with Crippen LogP contribution in [-0.4, -0.2) is 6.03 Å². The average molecular weight is 307 g/mol. The molecule has 3 nitrogen and oxygen atoms in total. The quantitative estimate of drug-likeness (QED) is 0.846. The van der Waals surface area contributed by atoms with Crippen molar-refractivity contribution in [3.05, 3.63) is 58.6 Å². The van der Waals surface area contributed by atoms with E-state index in [1.54, 1.807) is 24.3 Å². The molecule has 2 N–H and O–H groups in total. The second kappa shape index (κ2) is 6.20. The maximum Gasteiger partial charge on any atom is 0.329 e. The standard InChI is InChI=1S/C15H15ClN2OS/c1-10-7-11(2)9-14(8-10)20-18(15(17)19)13-5-3-12(16)4-6-13/h3-9H,1-2H3,(H2,17,19). The number of aryl methyl sites for hydroxylation is 2. The van der Waals surface area contributed by atoms with E-state index in [0.717, 1.165) is 16.0 Å². The number of nitrogens with zero attached hydrogens (tertiary/aromatic N) is 1. The van der Waals surface area contributed by atoms with Crippen LogP contribution in [0.3, 0.4) is 0 Å². The van der Waals surface area contributed by atoms with Gasteiger partial charge in [-0.2, -0.15) is 0 Å². The molecule has 2 amide bonds. The number of primary amides is 1. The van der Waals surface area contributed by atoms with Crippen molar-refractivity contribution in [2.24, 2.45) is 5.73 Å². The zero-order chi connectivity index (χ0) is 14.7. The fourth-order valence-electron chi connectivity index (χ4n) is 1.89. The van der Waals surface area contributed by atoms with Gasteiger partial charge in [-0.05, 0) is 73.3 Å². The van der Waals surface area contributed by atoms with Gasteiger partial charge in [-0.15, -0.1) is 0 Å². The number of hydrogen-bond acceptors (Lipinski definition) is 2. The van der Waals surface area contributed by atoms with Gasteiger partial charge in [-0.3, -0.25) is 0 Å². The van der Waals surface area contributed by atoms with E-state index in [-0.39, 0.29) is 0 Å². The molecule has 5 heteroatoms. The number of anilines is 1. The molecule has 0 saturated heterocycles. The van der Waals surface area contributed by atoms with Crippen molar-refractivity contribution in [2.45, 2.75) is 18.7 Å². The van der Waals surface area contributed by atoms with Crippen molar-refractivity contribution in [3.8, 4) is 0 Å². The molecule has 0 aliphatic heterocycles. The molecule has 0 bridgehead atoms. The first kappa shape index (κ1) is 14.8. The Labute approximate surface area is 127 Å². The molecule has 0 aromatic heterocycles. The molecule has 0 heterocycles. The molecule has 0 spiro atoms.